The van der Waals surface area contributed by atoms with Crippen molar-refractivity contribution in [1.29, 1.82) is 0 Å². The lowest BCUT2D eigenvalue weighted by Crippen LogP contribution is -2.13. The number of carbonyl (C=O) groups excluding carboxylic acids is 1. The average Bonchev–Trinajstić information content (AvgIpc) is 2.57. The van der Waals surface area contributed by atoms with Gasteiger partial charge >= 0.3 is 0 Å². The first-order valence-corrected chi connectivity index (χ1v) is 8.40. The predicted molar refractivity (Wildman–Crippen MR) is 97.5 cm³/mol. The molecule has 0 saturated heterocycles. The van der Waals surface area contributed by atoms with Crippen LogP contribution in [-0.2, 0) is 0 Å². The van der Waals surface area contributed by atoms with Gasteiger partial charge in [-0.25, -0.2) is 0 Å². The van der Waals surface area contributed by atoms with Crippen molar-refractivity contribution in [2.75, 3.05) is 18.5 Å². The van der Waals surface area contributed by atoms with Crippen LogP contribution in [0.25, 0.3) is 0 Å². The van der Waals surface area contributed by atoms with Gasteiger partial charge in [0, 0.05) is 16.3 Å². The van der Waals surface area contributed by atoms with Crippen LogP contribution < -0.4 is 14.8 Å². The lowest BCUT2D eigenvalue weighted by molar-refractivity contribution is 0.102. The minimum atomic E-state index is -0.219. The van der Waals surface area contributed by atoms with E-state index >= 15 is 0 Å². The molecule has 0 saturated carbocycles. The SMILES string of the molecule is CCCOc1ccc(C(=O)Nc2cc(Cl)ccc2C)cc1OCC. The number of hydrogen-bond acceptors (Lipinski definition) is 3. The maximum Gasteiger partial charge on any atom is 0.255 e. The Balaban J connectivity index is 2.22. The van der Waals surface area contributed by atoms with Crippen LogP contribution in [0.2, 0.25) is 5.02 Å². The Morgan fingerprint density at radius 1 is 1.08 bits per heavy atom. The van der Waals surface area contributed by atoms with Crippen LogP contribution in [0.1, 0.15) is 36.2 Å². The van der Waals surface area contributed by atoms with Crippen LogP contribution in [0.5, 0.6) is 11.5 Å². The van der Waals surface area contributed by atoms with Crippen molar-refractivity contribution in [2.24, 2.45) is 0 Å². The van der Waals surface area contributed by atoms with Crippen molar-refractivity contribution >= 4 is 23.2 Å². The van der Waals surface area contributed by atoms with E-state index in [1.165, 1.54) is 0 Å². The molecule has 0 heterocycles. The fourth-order valence-corrected chi connectivity index (χ4v) is 2.34. The van der Waals surface area contributed by atoms with Gasteiger partial charge in [-0.05, 0) is 56.2 Å². The maximum atomic E-state index is 12.5. The second-order valence-corrected chi connectivity index (χ2v) is 5.79. The van der Waals surface area contributed by atoms with Crippen LogP contribution in [0.3, 0.4) is 0 Å². The molecule has 5 heteroatoms. The molecule has 2 aromatic rings. The van der Waals surface area contributed by atoms with Crippen LogP contribution in [0.15, 0.2) is 36.4 Å². The first-order valence-electron chi connectivity index (χ1n) is 8.02. The molecule has 0 radical (unpaired) electrons. The molecule has 0 aliphatic rings. The summed E-state index contributed by atoms with van der Waals surface area (Å²) < 4.78 is 11.2. The van der Waals surface area contributed by atoms with Gasteiger partial charge in [-0.15, -0.1) is 0 Å². The van der Waals surface area contributed by atoms with Crippen LogP contribution in [-0.4, -0.2) is 19.1 Å². The first-order chi connectivity index (χ1) is 11.5. The van der Waals surface area contributed by atoms with Gasteiger partial charge in [0.15, 0.2) is 11.5 Å². The molecule has 0 atom stereocenters. The molecule has 0 aromatic heterocycles. The summed E-state index contributed by atoms with van der Waals surface area (Å²) in [6.45, 7) is 6.95. The largest absolute Gasteiger partial charge is 0.490 e. The summed E-state index contributed by atoms with van der Waals surface area (Å²) in [6.07, 6.45) is 0.905. The number of anilines is 1. The molecule has 0 unspecified atom stereocenters. The zero-order valence-corrected chi connectivity index (χ0v) is 14.9. The van der Waals surface area contributed by atoms with Crippen molar-refractivity contribution in [3.63, 3.8) is 0 Å². The number of benzene rings is 2. The quantitative estimate of drug-likeness (QED) is 0.759. The van der Waals surface area contributed by atoms with E-state index < -0.39 is 0 Å². The minimum Gasteiger partial charge on any atom is -0.490 e. The molecular formula is C19H22ClNO3. The first kappa shape index (κ1) is 18.1. The Labute approximate surface area is 147 Å². The van der Waals surface area contributed by atoms with Crippen LogP contribution in [0, 0.1) is 6.92 Å². The maximum absolute atomic E-state index is 12.5. The molecule has 128 valence electrons. The Hall–Kier alpha value is -2.20. The summed E-state index contributed by atoms with van der Waals surface area (Å²) in [7, 11) is 0. The van der Waals surface area contributed by atoms with Gasteiger partial charge in [-0.1, -0.05) is 24.6 Å². The highest BCUT2D eigenvalue weighted by Crippen LogP contribution is 2.29. The summed E-state index contributed by atoms with van der Waals surface area (Å²) in [5.74, 6) is 0.999. The summed E-state index contributed by atoms with van der Waals surface area (Å²) in [6, 6.07) is 10.6. The fourth-order valence-electron chi connectivity index (χ4n) is 2.17. The third-order valence-corrected chi connectivity index (χ3v) is 3.65. The molecule has 0 bridgehead atoms. The highest BCUT2D eigenvalue weighted by Gasteiger charge is 2.13. The zero-order chi connectivity index (χ0) is 17.5. The summed E-state index contributed by atoms with van der Waals surface area (Å²) in [4.78, 5) is 12.5. The number of hydrogen-bond donors (Lipinski definition) is 1. The number of ether oxygens (including phenoxy) is 2. The van der Waals surface area contributed by atoms with Crippen molar-refractivity contribution < 1.29 is 14.3 Å². The topological polar surface area (TPSA) is 47.6 Å². The zero-order valence-electron chi connectivity index (χ0n) is 14.2. The molecule has 4 nitrogen and oxygen atoms in total. The van der Waals surface area contributed by atoms with E-state index in [1.54, 1.807) is 30.3 Å². The normalized spacial score (nSPS) is 10.3. The van der Waals surface area contributed by atoms with Gasteiger partial charge in [0.2, 0.25) is 0 Å². The predicted octanol–water partition coefficient (Wildman–Crippen LogP) is 5.09. The molecule has 24 heavy (non-hydrogen) atoms. The van der Waals surface area contributed by atoms with E-state index in [9.17, 15) is 4.79 Å². The third-order valence-electron chi connectivity index (χ3n) is 3.42. The Morgan fingerprint density at radius 3 is 2.58 bits per heavy atom. The summed E-state index contributed by atoms with van der Waals surface area (Å²) in [5.41, 5.74) is 2.14. The Kier molecular flexibility index (Phi) is 6.50. The van der Waals surface area contributed by atoms with Crippen LogP contribution in [0.4, 0.5) is 5.69 Å². The fraction of sp³-hybridized carbons (Fsp3) is 0.316. The van der Waals surface area contributed by atoms with Gasteiger partial charge in [0.25, 0.3) is 5.91 Å². The molecule has 2 rings (SSSR count). The molecule has 0 aliphatic heterocycles. The van der Waals surface area contributed by atoms with Crippen molar-refractivity contribution in [1.82, 2.24) is 0 Å². The molecule has 0 fully saturated rings. The summed E-state index contributed by atoms with van der Waals surface area (Å²) >= 11 is 5.99. The van der Waals surface area contributed by atoms with Gasteiger partial charge in [0.05, 0.1) is 13.2 Å². The molecule has 0 aliphatic carbocycles. The van der Waals surface area contributed by atoms with Crippen molar-refractivity contribution in [3.8, 4) is 11.5 Å². The second-order valence-electron chi connectivity index (χ2n) is 5.36. The van der Waals surface area contributed by atoms with E-state index in [0.29, 0.717) is 41.0 Å². The van der Waals surface area contributed by atoms with E-state index in [-0.39, 0.29) is 5.91 Å². The lowest BCUT2D eigenvalue weighted by atomic mass is 10.1. The van der Waals surface area contributed by atoms with E-state index in [1.807, 2.05) is 26.8 Å². The Morgan fingerprint density at radius 2 is 1.88 bits per heavy atom. The van der Waals surface area contributed by atoms with Gasteiger partial charge in [-0.3, -0.25) is 4.79 Å². The smallest absolute Gasteiger partial charge is 0.255 e. The highest BCUT2D eigenvalue weighted by molar-refractivity contribution is 6.31. The number of aryl methyl sites for hydroxylation is 1. The van der Waals surface area contributed by atoms with E-state index in [2.05, 4.69) is 5.32 Å². The average molecular weight is 348 g/mol. The molecular weight excluding hydrogens is 326 g/mol. The number of rotatable bonds is 7. The molecule has 0 spiro atoms. The minimum absolute atomic E-state index is 0.219. The third kappa shape index (κ3) is 4.65. The van der Waals surface area contributed by atoms with Gasteiger partial charge in [-0.2, -0.15) is 0 Å². The number of carbonyl (C=O) groups is 1. The Bertz CT molecular complexity index is 716. The molecule has 1 N–H and O–H groups in total. The summed E-state index contributed by atoms with van der Waals surface area (Å²) in [5, 5.41) is 3.46. The number of amides is 1. The van der Waals surface area contributed by atoms with E-state index in [0.717, 1.165) is 12.0 Å². The lowest BCUT2D eigenvalue weighted by Gasteiger charge is -2.13. The van der Waals surface area contributed by atoms with Crippen molar-refractivity contribution in [3.05, 3.63) is 52.5 Å². The highest BCUT2D eigenvalue weighted by atomic mass is 35.5. The number of halogens is 1. The number of nitrogens with one attached hydrogen (secondary N) is 1. The van der Waals surface area contributed by atoms with Crippen molar-refractivity contribution in [2.45, 2.75) is 27.2 Å². The standard InChI is InChI=1S/C19H22ClNO3/c1-4-10-24-17-9-7-14(11-18(17)23-5-2)19(22)21-16-12-15(20)8-6-13(16)3/h6-9,11-12H,4-5,10H2,1-3H3,(H,21,22). The van der Waals surface area contributed by atoms with Gasteiger partial charge in [0.1, 0.15) is 0 Å². The van der Waals surface area contributed by atoms with E-state index in [4.69, 9.17) is 21.1 Å². The molecule has 1 amide bonds. The van der Waals surface area contributed by atoms with Gasteiger partial charge < -0.3 is 14.8 Å². The monoisotopic (exact) mass is 347 g/mol. The molecule has 2 aromatic carbocycles. The van der Waals surface area contributed by atoms with Crippen LogP contribution >= 0.6 is 11.6 Å². The second kappa shape index (κ2) is 8.60.